The molecule has 1 aromatic heterocycles. The van der Waals surface area contributed by atoms with Crippen LogP contribution in [-0.4, -0.2) is 59.7 Å². The van der Waals surface area contributed by atoms with E-state index in [-0.39, 0.29) is 28.6 Å². The van der Waals surface area contributed by atoms with Crippen LogP contribution in [0.4, 0.5) is 10.1 Å². The molecule has 2 aromatic rings. The molecule has 0 spiro atoms. The first kappa shape index (κ1) is 22.7. The SMILES string of the molecule is COc1c(N2CCC(CCN3CCCC3=O)CC2)c(F)cc2c(=O)c(C(=O)O)cn(C3CC3)c12. The van der Waals surface area contributed by atoms with Crippen LogP contribution in [-0.2, 0) is 4.79 Å². The first-order valence-electron chi connectivity index (χ1n) is 12.1. The molecule has 2 saturated heterocycles. The summed E-state index contributed by atoms with van der Waals surface area (Å²) in [6, 6.07) is 1.25. The number of carbonyl (C=O) groups excluding carboxylic acids is 1. The summed E-state index contributed by atoms with van der Waals surface area (Å²) < 4.78 is 22.9. The molecule has 3 heterocycles. The molecule has 3 aliphatic rings. The van der Waals surface area contributed by atoms with Crippen molar-refractivity contribution in [3.8, 4) is 5.75 Å². The minimum atomic E-state index is -1.32. The largest absolute Gasteiger partial charge is 0.492 e. The van der Waals surface area contributed by atoms with Gasteiger partial charge in [-0.15, -0.1) is 0 Å². The van der Waals surface area contributed by atoms with Crippen LogP contribution in [0, 0.1) is 11.7 Å². The summed E-state index contributed by atoms with van der Waals surface area (Å²) in [6.45, 7) is 2.94. The van der Waals surface area contributed by atoms with Gasteiger partial charge in [-0.1, -0.05) is 0 Å². The van der Waals surface area contributed by atoms with Gasteiger partial charge in [0.25, 0.3) is 0 Å². The molecule has 2 aliphatic heterocycles. The molecule has 182 valence electrons. The second-order valence-corrected chi connectivity index (χ2v) is 9.66. The molecule has 1 aliphatic carbocycles. The van der Waals surface area contributed by atoms with E-state index in [1.54, 1.807) is 4.57 Å². The Morgan fingerprint density at radius 1 is 1.18 bits per heavy atom. The van der Waals surface area contributed by atoms with Gasteiger partial charge >= 0.3 is 5.97 Å². The lowest BCUT2D eigenvalue weighted by molar-refractivity contribution is -0.127. The minimum Gasteiger partial charge on any atom is -0.492 e. The third-order valence-corrected chi connectivity index (χ3v) is 7.48. The molecule has 9 heteroatoms. The zero-order valence-electron chi connectivity index (χ0n) is 19.4. The van der Waals surface area contributed by atoms with Crippen LogP contribution < -0.4 is 15.1 Å². The van der Waals surface area contributed by atoms with Crippen LogP contribution in [0.2, 0.25) is 0 Å². The first-order chi connectivity index (χ1) is 16.4. The average Bonchev–Trinajstić information content (AvgIpc) is 3.59. The number of hydrogen-bond acceptors (Lipinski definition) is 5. The number of fused-ring (bicyclic) bond motifs is 1. The van der Waals surface area contributed by atoms with Gasteiger partial charge < -0.3 is 24.2 Å². The highest BCUT2D eigenvalue weighted by molar-refractivity contribution is 5.97. The Balaban J connectivity index is 1.44. The van der Waals surface area contributed by atoms with Crippen molar-refractivity contribution in [3.63, 3.8) is 0 Å². The van der Waals surface area contributed by atoms with E-state index >= 15 is 4.39 Å². The Kier molecular flexibility index (Phi) is 5.95. The second kappa shape index (κ2) is 8.92. The molecule has 0 atom stereocenters. The third-order valence-electron chi connectivity index (χ3n) is 7.48. The lowest BCUT2D eigenvalue weighted by Crippen LogP contribution is -2.36. The highest BCUT2D eigenvalue weighted by Crippen LogP contribution is 2.44. The zero-order valence-corrected chi connectivity index (χ0v) is 19.4. The number of benzene rings is 1. The van der Waals surface area contributed by atoms with Gasteiger partial charge in [0.1, 0.15) is 11.3 Å². The van der Waals surface area contributed by atoms with Crippen molar-refractivity contribution in [2.75, 3.05) is 38.2 Å². The van der Waals surface area contributed by atoms with Gasteiger partial charge in [-0.05, 0) is 50.5 Å². The maximum absolute atomic E-state index is 15.4. The molecule has 5 rings (SSSR count). The van der Waals surface area contributed by atoms with Crippen molar-refractivity contribution in [1.29, 1.82) is 0 Å². The fourth-order valence-electron chi connectivity index (χ4n) is 5.45. The lowest BCUT2D eigenvalue weighted by atomic mass is 9.92. The van der Waals surface area contributed by atoms with Crippen molar-refractivity contribution in [1.82, 2.24) is 9.47 Å². The Morgan fingerprint density at radius 2 is 1.91 bits per heavy atom. The third kappa shape index (κ3) is 4.01. The normalized spacial score (nSPS) is 19.3. The van der Waals surface area contributed by atoms with E-state index in [4.69, 9.17) is 4.74 Å². The Hall–Kier alpha value is -3.10. The van der Waals surface area contributed by atoms with Gasteiger partial charge in [-0.25, -0.2) is 9.18 Å². The molecule has 3 fully saturated rings. The molecule has 0 unspecified atom stereocenters. The summed E-state index contributed by atoms with van der Waals surface area (Å²) in [6.07, 6.45) is 7.44. The number of anilines is 1. The van der Waals surface area contributed by atoms with E-state index in [9.17, 15) is 19.5 Å². The second-order valence-electron chi connectivity index (χ2n) is 9.66. The number of aromatic carboxylic acids is 1. The molecule has 0 bridgehead atoms. The summed E-state index contributed by atoms with van der Waals surface area (Å²) in [5, 5.41) is 9.53. The van der Waals surface area contributed by atoms with Gasteiger partial charge in [0, 0.05) is 44.8 Å². The van der Waals surface area contributed by atoms with Crippen molar-refractivity contribution >= 4 is 28.5 Å². The molecule has 8 nitrogen and oxygen atoms in total. The van der Waals surface area contributed by atoms with Crippen molar-refractivity contribution in [3.05, 3.63) is 33.9 Å². The van der Waals surface area contributed by atoms with Crippen LogP contribution in [0.1, 0.15) is 61.3 Å². The summed E-state index contributed by atoms with van der Waals surface area (Å²) in [7, 11) is 1.46. The molecule has 1 N–H and O–H groups in total. The van der Waals surface area contributed by atoms with Crippen molar-refractivity contribution < 1.29 is 23.8 Å². The zero-order chi connectivity index (χ0) is 24.0. The summed E-state index contributed by atoms with van der Waals surface area (Å²) in [4.78, 5) is 40.3. The highest BCUT2D eigenvalue weighted by atomic mass is 19.1. The van der Waals surface area contributed by atoms with E-state index in [0.29, 0.717) is 36.6 Å². The number of rotatable bonds is 7. The number of carbonyl (C=O) groups is 2. The predicted molar refractivity (Wildman–Crippen MR) is 125 cm³/mol. The van der Waals surface area contributed by atoms with E-state index in [1.165, 1.54) is 19.4 Å². The van der Waals surface area contributed by atoms with Crippen molar-refractivity contribution in [2.45, 2.75) is 51.0 Å². The number of methoxy groups -OCH3 is 1. The first-order valence-corrected chi connectivity index (χ1v) is 12.1. The Morgan fingerprint density at radius 3 is 2.50 bits per heavy atom. The molecule has 1 amide bonds. The summed E-state index contributed by atoms with van der Waals surface area (Å²) in [5.41, 5.74) is -0.254. The lowest BCUT2D eigenvalue weighted by Gasteiger charge is -2.35. The fourth-order valence-corrected chi connectivity index (χ4v) is 5.45. The molecule has 0 radical (unpaired) electrons. The fraction of sp³-hybridized carbons (Fsp3) is 0.560. The number of carboxylic acids is 1. The molecule has 1 aromatic carbocycles. The number of carboxylic acid groups (broad SMARTS) is 1. The van der Waals surface area contributed by atoms with Gasteiger partial charge in [0.2, 0.25) is 11.3 Å². The maximum atomic E-state index is 15.4. The number of aromatic nitrogens is 1. The van der Waals surface area contributed by atoms with Crippen LogP contribution in [0.15, 0.2) is 17.1 Å². The number of pyridine rings is 1. The molecular formula is C25H30FN3O5. The maximum Gasteiger partial charge on any atom is 0.341 e. The molecular weight excluding hydrogens is 441 g/mol. The monoisotopic (exact) mass is 471 g/mol. The summed E-state index contributed by atoms with van der Waals surface area (Å²) in [5.74, 6) is -0.887. The quantitative estimate of drug-likeness (QED) is 0.666. The van der Waals surface area contributed by atoms with Gasteiger partial charge in [0.05, 0.1) is 18.0 Å². The smallest absolute Gasteiger partial charge is 0.341 e. The van der Waals surface area contributed by atoms with Crippen LogP contribution in [0.25, 0.3) is 10.9 Å². The van der Waals surface area contributed by atoms with Crippen molar-refractivity contribution in [2.24, 2.45) is 5.92 Å². The van der Waals surface area contributed by atoms with Gasteiger partial charge in [0.15, 0.2) is 11.6 Å². The van der Waals surface area contributed by atoms with E-state index in [1.807, 2.05) is 9.80 Å². The number of halogens is 1. The van der Waals surface area contributed by atoms with E-state index < -0.39 is 17.2 Å². The standard InChI is InChI=1S/C25H30FN3O5/c1-34-24-21-17(23(31)18(25(32)33)14-29(21)16-4-5-16)13-19(26)22(24)28-11-7-15(8-12-28)6-10-27-9-2-3-20(27)30/h13-16H,2-12H2,1H3,(H,32,33). The minimum absolute atomic E-state index is 0.0371. The topological polar surface area (TPSA) is 92.1 Å². The van der Waals surface area contributed by atoms with Crippen LogP contribution >= 0.6 is 0 Å². The molecule has 34 heavy (non-hydrogen) atoms. The van der Waals surface area contributed by atoms with Gasteiger partial charge in [-0.3, -0.25) is 9.59 Å². The number of hydrogen-bond donors (Lipinski definition) is 1. The summed E-state index contributed by atoms with van der Waals surface area (Å²) >= 11 is 0. The number of ether oxygens (including phenoxy) is 1. The average molecular weight is 472 g/mol. The molecule has 1 saturated carbocycles. The Labute approximate surface area is 196 Å². The number of piperidine rings is 1. The predicted octanol–water partition coefficient (Wildman–Crippen LogP) is 3.41. The Bertz CT molecular complexity index is 1200. The highest BCUT2D eigenvalue weighted by Gasteiger charge is 2.32. The number of nitrogens with zero attached hydrogens (tertiary/aromatic N) is 3. The van der Waals surface area contributed by atoms with Gasteiger partial charge in [-0.2, -0.15) is 0 Å². The van der Waals surface area contributed by atoms with E-state index in [2.05, 4.69) is 0 Å². The van der Waals surface area contributed by atoms with Crippen LogP contribution in [0.5, 0.6) is 5.75 Å². The van der Waals surface area contributed by atoms with E-state index in [0.717, 1.165) is 51.6 Å². The van der Waals surface area contributed by atoms with Crippen LogP contribution in [0.3, 0.4) is 0 Å². The number of likely N-dealkylation sites (tertiary alicyclic amines) is 1. The number of amides is 1.